The molecule has 0 radical (unpaired) electrons. The molecule has 6 aliphatic rings. The van der Waals surface area contributed by atoms with E-state index >= 15 is 0 Å². The van der Waals surface area contributed by atoms with Gasteiger partial charge >= 0.3 is 0 Å². The van der Waals surface area contributed by atoms with Crippen molar-refractivity contribution in [2.45, 2.75) is 94.3 Å². The third-order valence-electron chi connectivity index (χ3n) is 10.3. The van der Waals surface area contributed by atoms with E-state index in [4.69, 9.17) is 28.4 Å². The Morgan fingerprint density at radius 1 is 0.628 bits per heavy atom. The van der Waals surface area contributed by atoms with Crippen molar-refractivity contribution in [3.8, 4) is 0 Å². The van der Waals surface area contributed by atoms with Gasteiger partial charge in [0.25, 0.3) is 0 Å². The fourth-order valence-electron chi connectivity index (χ4n) is 8.74. The molecular weight excluding hydrogens is 540 g/mol. The molecule has 3 aromatic carbocycles. The number of rotatable bonds is 9. The highest BCUT2D eigenvalue weighted by Gasteiger charge is 2.57. The van der Waals surface area contributed by atoms with Crippen LogP contribution in [0.1, 0.15) is 61.5 Å². The van der Waals surface area contributed by atoms with Gasteiger partial charge in [0.2, 0.25) is 0 Å². The highest BCUT2D eigenvalue weighted by atomic mass is 16.8. The van der Waals surface area contributed by atoms with E-state index in [0.29, 0.717) is 19.8 Å². The molecule has 6 atom stereocenters. The van der Waals surface area contributed by atoms with Crippen molar-refractivity contribution < 1.29 is 28.4 Å². The van der Waals surface area contributed by atoms with Crippen LogP contribution in [-0.4, -0.2) is 42.9 Å². The Labute approximate surface area is 254 Å². The summed E-state index contributed by atoms with van der Waals surface area (Å²) in [5.41, 5.74) is 3.05. The minimum Gasteiger partial charge on any atom is -0.368 e. The SMILES string of the molecule is c1ccc(CO[C@@H]2[C@@H](OCc3ccccc3)[C@@H](OC34CC5CC(CC(C5)C3)C4)O[C@@H]3CO[C@@H](c4ccccc4)O[C@@H]23)cc1. The van der Waals surface area contributed by atoms with Crippen molar-refractivity contribution in [2.24, 2.45) is 17.8 Å². The number of benzene rings is 3. The third-order valence-corrected chi connectivity index (χ3v) is 10.3. The second-order valence-electron chi connectivity index (χ2n) is 13.5. The topological polar surface area (TPSA) is 55.4 Å². The molecule has 3 aromatic rings. The summed E-state index contributed by atoms with van der Waals surface area (Å²) in [6.07, 6.45) is 4.81. The average Bonchev–Trinajstić information content (AvgIpc) is 3.03. The molecular formula is C37H42O6. The van der Waals surface area contributed by atoms with Crippen molar-refractivity contribution >= 4 is 0 Å². The van der Waals surface area contributed by atoms with E-state index < -0.39 is 24.8 Å². The maximum Gasteiger partial charge on any atom is 0.187 e. The van der Waals surface area contributed by atoms with Crippen molar-refractivity contribution in [2.75, 3.05) is 6.61 Å². The third kappa shape index (κ3) is 5.94. The van der Waals surface area contributed by atoms with Crippen LogP contribution in [0.4, 0.5) is 0 Å². The molecule has 226 valence electrons. The number of hydrogen-bond donors (Lipinski definition) is 0. The van der Waals surface area contributed by atoms with Crippen LogP contribution >= 0.6 is 0 Å². The first-order valence-electron chi connectivity index (χ1n) is 16.2. The van der Waals surface area contributed by atoms with E-state index in [0.717, 1.165) is 53.7 Å². The highest BCUT2D eigenvalue weighted by Crippen LogP contribution is 2.58. The molecule has 6 fully saturated rings. The lowest BCUT2D eigenvalue weighted by molar-refractivity contribution is -0.391. The van der Waals surface area contributed by atoms with Gasteiger partial charge in [0.05, 0.1) is 25.4 Å². The first-order valence-corrected chi connectivity index (χ1v) is 16.2. The molecule has 4 saturated carbocycles. The van der Waals surface area contributed by atoms with E-state index in [-0.39, 0.29) is 17.8 Å². The minimum atomic E-state index is -0.567. The van der Waals surface area contributed by atoms with Crippen LogP contribution in [-0.2, 0) is 41.6 Å². The fraction of sp³-hybridized carbons (Fsp3) is 0.514. The summed E-state index contributed by atoms with van der Waals surface area (Å²) in [7, 11) is 0. The zero-order valence-corrected chi connectivity index (χ0v) is 24.7. The Kier molecular flexibility index (Phi) is 7.84. The van der Waals surface area contributed by atoms with Crippen molar-refractivity contribution in [1.29, 1.82) is 0 Å². The Morgan fingerprint density at radius 2 is 1.16 bits per heavy atom. The predicted octanol–water partition coefficient (Wildman–Crippen LogP) is 6.98. The molecule has 4 bridgehead atoms. The fourth-order valence-corrected chi connectivity index (χ4v) is 8.74. The van der Waals surface area contributed by atoms with Gasteiger partial charge in [-0.3, -0.25) is 0 Å². The number of ether oxygens (including phenoxy) is 6. The summed E-state index contributed by atoms with van der Waals surface area (Å²) in [6, 6.07) is 30.7. The Hall–Kier alpha value is -2.58. The van der Waals surface area contributed by atoms with Gasteiger partial charge in [0.15, 0.2) is 12.6 Å². The summed E-state index contributed by atoms with van der Waals surface area (Å²) >= 11 is 0. The second-order valence-corrected chi connectivity index (χ2v) is 13.5. The van der Waals surface area contributed by atoms with Crippen LogP contribution in [0.2, 0.25) is 0 Å². The molecule has 2 heterocycles. The number of hydrogen-bond acceptors (Lipinski definition) is 6. The summed E-state index contributed by atoms with van der Waals surface area (Å²) in [5, 5.41) is 0. The average molecular weight is 583 g/mol. The zero-order chi connectivity index (χ0) is 28.6. The summed E-state index contributed by atoms with van der Waals surface area (Å²) in [6.45, 7) is 1.29. The normalized spacial score (nSPS) is 38.1. The summed E-state index contributed by atoms with van der Waals surface area (Å²) in [4.78, 5) is 0. The van der Waals surface area contributed by atoms with Gasteiger partial charge in [-0.1, -0.05) is 91.0 Å². The van der Waals surface area contributed by atoms with Crippen LogP contribution in [0, 0.1) is 17.8 Å². The molecule has 9 rings (SSSR count). The standard InChI is InChI=1S/C37H42O6/c1-4-10-25(11-5-1)22-38-33-32-31(24-40-35(42-32)30-14-8-3-9-15-30)41-36(34(33)39-23-26-12-6-2-7-13-26)43-37-19-27-16-28(20-37)18-29(17-27)21-37/h1-15,27-29,31-36H,16-24H2/t27?,28?,29?,31-,32-,33+,34-,35-,36-,37?/m1/s1. The van der Waals surface area contributed by atoms with E-state index in [1.54, 1.807) is 0 Å². The molecule has 2 saturated heterocycles. The van der Waals surface area contributed by atoms with Crippen LogP contribution < -0.4 is 0 Å². The van der Waals surface area contributed by atoms with Gasteiger partial charge in [0, 0.05) is 5.56 Å². The largest absolute Gasteiger partial charge is 0.368 e. The van der Waals surface area contributed by atoms with E-state index in [9.17, 15) is 0 Å². The monoisotopic (exact) mass is 582 g/mol. The molecule has 0 aromatic heterocycles. The van der Waals surface area contributed by atoms with Gasteiger partial charge in [-0.2, -0.15) is 0 Å². The lowest BCUT2D eigenvalue weighted by Crippen LogP contribution is -2.65. The van der Waals surface area contributed by atoms with Gasteiger partial charge in [-0.15, -0.1) is 0 Å². The maximum atomic E-state index is 7.20. The molecule has 0 N–H and O–H groups in total. The quantitative estimate of drug-likeness (QED) is 0.271. The molecule has 4 aliphatic carbocycles. The van der Waals surface area contributed by atoms with E-state index in [1.807, 2.05) is 66.7 Å². The van der Waals surface area contributed by atoms with Crippen molar-refractivity contribution in [1.82, 2.24) is 0 Å². The van der Waals surface area contributed by atoms with Crippen LogP contribution in [0.5, 0.6) is 0 Å². The molecule has 0 spiro atoms. The van der Waals surface area contributed by atoms with E-state index in [2.05, 4.69) is 24.3 Å². The van der Waals surface area contributed by atoms with Gasteiger partial charge < -0.3 is 28.4 Å². The van der Waals surface area contributed by atoms with E-state index in [1.165, 1.54) is 19.3 Å². The lowest BCUT2D eigenvalue weighted by atomic mass is 9.54. The van der Waals surface area contributed by atoms with Crippen molar-refractivity contribution in [3.05, 3.63) is 108 Å². The highest BCUT2D eigenvalue weighted by molar-refractivity contribution is 5.18. The van der Waals surface area contributed by atoms with Gasteiger partial charge in [0.1, 0.15) is 24.4 Å². The Morgan fingerprint density at radius 3 is 1.74 bits per heavy atom. The Balaban J connectivity index is 1.10. The maximum absolute atomic E-state index is 7.20. The second kappa shape index (κ2) is 12.1. The lowest BCUT2D eigenvalue weighted by Gasteiger charge is -2.58. The Bertz CT molecular complexity index is 1300. The first-order chi connectivity index (χ1) is 21.2. The molecule has 0 amide bonds. The predicted molar refractivity (Wildman–Crippen MR) is 161 cm³/mol. The minimum absolute atomic E-state index is 0.145. The van der Waals surface area contributed by atoms with Crippen LogP contribution in [0.25, 0.3) is 0 Å². The van der Waals surface area contributed by atoms with Gasteiger partial charge in [-0.05, 0) is 67.4 Å². The summed E-state index contributed by atoms with van der Waals surface area (Å²) < 4.78 is 40.6. The van der Waals surface area contributed by atoms with Crippen LogP contribution in [0.3, 0.4) is 0 Å². The van der Waals surface area contributed by atoms with Crippen LogP contribution in [0.15, 0.2) is 91.0 Å². The zero-order valence-electron chi connectivity index (χ0n) is 24.7. The molecule has 0 unspecified atom stereocenters. The van der Waals surface area contributed by atoms with Crippen molar-refractivity contribution in [3.63, 3.8) is 0 Å². The first kappa shape index (κ1) is 27.9. The molecule has 43 heavy (non-hydrogen) atoms. The molecule has 6 nitrogen and oxygen atoms in total. The smallest absolute Gasteiger partial charge is 0.187 e. The molecule has 6 heteroatoms. The molecule has 2 aliphatic heterocycles. The number of fused-ring (bicyclic) bond motifs is 1. The van der Waals surface area contributed by atoms with Gasteiger partial charge in [-0.25, -0.2) is 0 Å². The summed E-state index contributed by atoms with van der Waals surface area (Å²) in [5.74, 6) is 2.30.